The van der Waals surface area contributed by atoms with E-state index in [2.05, 4.69) is 97.1 Å². The molecule has 0 saturated carbocycles. The first-order valence-corrected chi connectivity index (χ1v) is 19.1. The van der Waals surface area contributed by atoms with Gasteiger partial charge in [0.25, 0.3) is 0 Å². The number of hydrogen-bond acceptors (Lipinski definition) is 7. The van der Waals surface area contributed by atoms with E-state index >= 15 is 0 Å². The zero-order valence-electron chi connectivity index (χ0n) is 24.0. The lowest BCUT2D eigenvalue weighted by Gasteiger charge is -2.07. The van der Waals surface area contributed by atoms with Crippen molar-refractivity contribution < 1.29 is 9.59 Å². The predicted octanol–water partition coefficient (Wildman–Crippen LogP) is 10.4. The van der Waals surface area contributed by atoms with Crippen LogP contribution in [0.15, 0.2) is 102 Å². The third-order valence-electron chi connectivity index (χ3n) is 6.36. The van der Waals surface area contributed by atoms with Crippen LogP contribution in [0.1, 0.15) is 52.8 Å². The number of thioether (sulfide) groups is 5. The molecule has 2 nitrogen and oxygen atoms in total. The Morgan fingerprint density at radius 2 is 0.667 bits per heavy atom. The summed E-state index contributed by atoms with van der Waals surface area (Å²) in [5, 5.41) is 0.326. The molecule has 0 spiro atoms. The molecule has 0 amide bonds. The van der Waals surface area contributed by atoms with Crippen molar-refractivity contribution in [2.24, 2.45) is 0 Å². The molecule has 4 aromatic rings. The van der Waals surface area contributed by atoms with E-state index in [1.54, 1.807) is 13.8 Å². The largest absolute Gasteiger partial charge is 0.288 e. The van der Waals surface area contributed by atoms with Crippen molar-refractivity contribution in [3.63, 3.8) is 0 Å². The van der Waals surface area contributed by atoms with Crippen molar-refractivity contribution in [2.45, 2.75) is 59.0 Å². The number of carbonyl (C=O) groups is 2. The minimum atomic E-state index is 0.161. The van der Waals surface area contributed by atoms with Gasteiger partial charge in [0.15, 0.2) is 10.2 Å². The van der Waals surface area contributed by atoms with Crippen molar-refractivity contribution >= 4 is 69.0 Å². The van der Waals surface area contributed by atoms with Gasteiger partial charge in [0.05, 0.1) is 0 Å². The van der Waals surface area contributed by atoms with E-state index < -0.39 is 0 Å². The van der Waals surface area contributed by atoms with Crippen molar-refractivity contribution in [1.29, 1.82) is 0 Å². The zero-order chi connectivity index (χ0) is 29.6. The van der Waals surface area contributed by atoms with Crippen LogP contribution in [-0.2, 0) is 49.9 Å². The Labute approximate surface area is 272 Å². The van der Waals surface area contributed by atoms with Crippen molar-refractivity contribution in [3.05, 3.63) is 136 Å². The lowest BCUT2D eigenvalue weighted by atomic mass is 10.2. The quantitative estimate of drug-likeness (QED) is 0.119. The number of hydrogen-bond donors (Lipinski definition) is 0. The van der Waals surface area contributed by atoms with E-state index in [0.717, 1.165) is 40.3 Å². The Balaban J connectivity index is 1.11. The highest BCUT2D eigenvalue weighted by Gasteiger charge is 2.03. The maximum Gasteiger partial charge on any atom is 0.186 e. The van der Waals surface area contributed by atoms with Crippen LogP contribution < -0.4 is 0 Å². The molecule has 4 rings (SSSR count). The summed E-state index contributed by atoms with van der Waals surface area (Å²) in [6.07, 6.45) is 0. The van der Waals surface area contributed by atoms with Gasteiger partial charge >= 0.3 is 0 Å². The summed E-state index contributed by atoms with van der Waals surface area (Å²) in [6, 6.07) is 35.2. The van der Waals surface area contributed by atoms with Gasteiger partial charge < -0.3 is 0 Å². The van der Waals surface area contributed by atoms with Crippen LogP contribution >= 0.6 is 58.8 Å². The van der Waals surface area contributed by atoms with Gasteiger partial charge in [0, 0.05) is 59.0 Å². The molecular weight excluding hydrogens is 613 g/mol. The SMILES string of the molecule is CC(=O)SCc1ccc(CSCc2ccc(CSCc3ccc(SCc4ccc(CSC(C)=O)cc4)cc3)cc2)cc1. The standard InChI is InChI=1S/C35H36O2S5/c1-26(36)40-23-32-9-7-30(8-10-32)21-38-19-28-3-5-29(6-4-28)20-39-22-31-15-17-35(18-16-31)42-25-34-13-11-33(12-14-34)24-41-27(2)37/h3-18H,19-25H2,1-2H3. The molecule has 42 heavy (non-hydrogen) atoms. The molecule has 0 radical (unpaired) electrons. The average Bonchev–Trinajstić information content (AvgIpc) is 3.00. The average molecular weight is 649 g/mol. The van der Waals surface area contributed by atoms with Gasteiger partial charge in [-0.2, -0.15) is 23.5 Å². The molecule has 218 valence electrons. The molecule has 0 fully saturated rings. The molecule has 0 aliphatic carbocycles. The highest BCUT2D eigenvalue weighted by Crippen LogP contribution is 2.26. The van der Waals surface area contributed by atoms with Crippen LogP contribution in [0.5, 0.6) is 0 Å². The van der Waals surface area contributed by atoms with Crippen LogP contribution in [-0.4, -0.2) is 10.2 Å². The first-order valence-electron chi connectivity index (χ1n) is 13.8. The fraction of sp³-hybridized carbons (Fsp3) is 0.257. The summed E-state index contributed by atoms with van der Waals surface area (Å²) >= 11 is 8.46. The summed E-state index contributed by atoms with van der Waals surface area (Å²) < 4.78 is 0. The minimum absolute atomic E-state index is 0.161. The van der Waals surface area contributed by atoms with E-state index in [9.17, 15) is 9.59 Å². The second-order valence-electron chi connectivity index (χ2n) is 9.93. The molecular formula is C35H36O2S5. The zero-order valence-corrected chi connectivity index (χ0v) is 28.1. The third-order valence-corrected chi connectivity index (χ3v) is 11.4. The third kappa shape index (κ3) is 12.3. The molecule has 0 N–H and O–H groups in total. The van der Waals surface area contributed by atoms with Gasteiger partial charge in [-0.05, 0) is 51.1 Å². The molecule has 4 aromatic carbocycles. The van der Waals surface area contributed by atoms with Crippen molar-refractivity contribution in [1.82, 2.24) is 0 Å². The van der Waals surface area contributed by atoms with E-state index in [4.69, 9.17) is 0 Å². The van der Waals surface area contributed by atoms with Crippen LogP contribution in [0.2, 0.25) is 0 Å². The smallest absolute Gasteiger partial charge is 0.186 e. The Kier molecular flexibility index (Phi) is 14.0. The Morgan fingerprint density at radius 1 is 0.405 bits per heavy atom. The predicted molar refractivity (Wildman–Crippen MR) is 189 cm³/mol. The number of rotatable bonds is 15. The molecule has 0 bridgehead atoms. The summed E-state index contributed by atoms with van der Waals surface area (Å²) in [7, 11) is 0. The summed E-state index contributed by atoms with van der Waals surface area (Å²) in [4.78, 5) is 23.6. The van der Waals surface area contributed by atoms with E-state index in [1.165, 1.54) is 67.4 Å². The number of carbonyl (C=O) groups excluding carboxylic acids is 2. The van der Waals surface area contributed by atoms with E-state index in [1.807, 2.05) is 35.3 Å². The van der Waals surface area contributed by atoms with Crippen molar-refractivity contribution in [2.75, 3.05) is 0 Å². The first-order chi connectivity index (χ1) is 20.4. The fourth-order valence-corrected chi connectivity index (χ4v) is 7.88. The molecule has 0 atom stereocenters. The highest BCUT2D eigenvalue weighted by molar-refractivity contribution is 8.13. The Morgan fingerprint density at radius 3 is 0.976 bits per heavy atom. The lowest BCUT2D eigenvalue weighted by molar-refractivity contribution is -0.109. The van der Waals surface area contributed by atoms with Gasteiger partial charge in [-0.1, -0.05) is 108 Å². The molecule has 0 aliphatic rings. The maximum absolute atomic E-state index is 11.1. The second-order valence-corrected chi connectivity index (χ2v) is 15.3. The van der Waals surface area contributed by atoms with Gasteiger partial charge in [0.2, 0.25) is 0 Å². The molecule has 7 heteroatoms. The summed E-state index contributed by atoms with van der Waals surface area (Å²) in [6.45, 7) is 3.23. The molecule has 0 unspecified atom stereocenters. The van der Waals surface area contributed by atoms with Crippen molar-refractivity contribution in [3.8, 4) is 0 Å². The highest BCUT2D eigenvalue weighted by atomic mass is 32.2. The topological polar surface area (TPSA) is 34.1 Å². The molecule has 0 saturated heterocycles. The number of benzene rings is 4. The maximum atomic E-state index is 11.1. The Bertz CT molecular complexity index is 1400. The molecule has 0 aromatic heterocycles. The second kappa shape index (κ2) is 17.9. The van der Waals surface area contributed by atoms with Crippen LogP contribution in [0.3, 0.4) is 0 Å². The van der Waals surface area contributed by atoms with Crippen LogP contribution in [0.4, 0.5) is 0 Å². The minimum Gasteiger partial charge on any atom is -0.288 e. The Hall–Kier alpha value is -2.03. The lowest BCUT2D eigenvalue weighted by Crippen LogP contribution is -1.88. The molecule has 0 heterocycles. The van der Waals surface area contributed by atoms with Gasteiger partial charge in [-0.15, -0.1) is 11.8 Å². The summed E-state index contributed by atoms with van der Waals surface area (Å²) in [5.74, 6) is 6.46. The molecule has 0 aliphatic heterocycles. The first kappa shape index (κ1) is 32.9. The fourth-order valence-electron chi connectivity index (χ4n) is 3.99. The summed E-state index contributed by atoms with van der Waals surface area (Å²) in [5.41, 5.74) is 9.10. The van der Waals surface area contributed by atoms with Gasteiger partial charge in [-0.25, -0.2) is 0 Å². The van der Waals surface area contributed by atoms with Crippen LogP contribution in [0, 0.1) is 0 Å². The van der Waals surface area contributed by atoms with E-state index in [0.29, 0.717) is 0 Å². The van der Waals surface area contributed by atoms with Gasteiger partial charge in [0.1, 0.15) is 0 Å². The monoisotopic (exact) mass is 648 g/mol. The van der Waals surface area contributed by atoms with E-state index in [-0.39, 0.29) is 10.2 Å². The van der Waals surface area contributed by atoms with Crippen LogP contribution in [0.25, 0.3) is 0 Å². The normalized spacial score (nSPS) is 11.0. The van der Waals surface area contributed by atoms with Gasteiger partial charge in [-0.3, -0.25) is 9.59 Å².